The van der Waals surface area contributed by atoms with Crippen molar-refractivity contribution in [1.29, 1.82) is 0 Å². The van der Waals surface area contributed by atoms with Crippen LogP contribution in [0.5, 0.6) is 0 Å². The normalized spacial score (nSPS) is 10.4. The molecule has 3 rings (SSSR count). The monoisotopic (exact) mass is 366 g/mol. The summed E-state index contributed by atoms with van der Waals surface area (Å²) in [6.07, 6.45) is 0. The molecule has 0 unspecified atom stereocenters. The van der Waals surface area contributed by atoms with Gasteiger partial charge in [0.1, 0.15) is 5.69 Å². The zero-order chi connectivity index (χ0) is 18.5. The fourth-order valence-corrected chi connectivity index (χ4v) is 2.62. The molecule has 0 spiro atoms. The number of nitrogens with one attached hydrogen (secondary N) is 2. The molecule has 0 saturated carbocycles. The number of halogens is 1. The second-order valence-corrected chi connectivity index (χ2v) is 6.46. The van der Waals surface area contributed by atoms with E-state index in [0.717, 1.165) is 16.8 Å². The van der Waals surface area contributed by atoms with Gasteiger partial charge in [0, 0.05) is 22.9 Å². The van der Waals surface area contributed by atoms with Gasteiger partial charge in [0.2, 0.25) is 5.95 Å². The Bertz CT molecular complexity index is 925. The van der Waals surface area contributed by atoms with Crippen LogP contribution in [-0.4, -0.2) is 15.9 Å². The highest BCUT2D eigenvalue weighted by Crippen LogP contribution is 2.17. The molecule has 132 valence electrons. The van der Waals surface area contributed by atoms with Crippen LogP contribution in [0.2, 0.25) is 5.02 Å². The minimum absolute atomic E-state index is 0.240. The topological polar surface area (TPSA) is 66.9 Å². The molecule has 26 heavy (non-hydrogen) atoms. The number of nitrogens with zero attached hydrogens (tertiary/aromatic N) is 2. The second-order valence-electron chi connectivity index (χ2n) is 6.02. The van der Waals surface area contributed by atoms with E-state index in [2.05, 4.69) is 20.6 Å². The summed E-state index contributed by atoms with van der Waals surface area (Å²) in [5, 5.41) is 6.63. The minimum Gasteiger partial charge on any atom is -0.347 e. The first-order chi connectivity index (χ1) is 12.5. The van der Waals surface area contributed by atoms with Crippen molar-refractivity contribution in [2.75, 3.05) is 5.32 Å². The molecule has 2 aromatic carbocycles. The zero-order valence-electron chi connectivity index (χ0n) is 14.6. The maximum atomic E-state index is 12.5. The summed E-state index contributed by atoms with van der Waals surface area (Å²) in [4.78, 5) is 21.1. The molecule has 1 heterocycles. The molecule has 0 radical (unpaired) electrons. The minimum atomic E-state index is -0.240. The molecule has 5 nitrogen and oxygen atoms in total. The molecular weight excluding hydrogens is 348 g/mol. The van der Waals surface area contributed by atoms with Crippen LogP contribution in [0.3, 0.4) is 0 Å². The number of amides is 1. The Morgan fingerprint density at radius 3 is 2.54 bits per heavy atom. The van der Waals surface area contributed by atoms with Gasteiger partial charge in [0.05, 0.1) is 0 Å². The van der Waals surface area contributed by atoms with Gasteiger partial charge >= 0.3 is 0 Å². The Balaban J connectivity index is 1.71. The zero-order valence-corrected chi connectivity index (χ0v) is 15.3. The van der Waals surface area contributed by atoms with Gasteiger partial charge in [-0.05, 0) is 49.7 Å². The van der Waals surface area contributed by atoms with Crippen molar-refractivity contribution in [3.63, 3.8) is 0 Å². The summed E-state index contributed by atoms with van der Waals surface area (Å²) in [5.41, 5.74) is 4.03. The lowest BCUT2D eigenvalue weighted by Crippen LogP contribution is -2.24. The van der Waals surface area contributed by atoms with E-state index in [1.165, 1.54) is 0 Å². The van der Waals surface area contributed by atoms with Gasteiger partial charge in [0.15, 0.2) is 0 Å². The molecule has 1 amide bonds. The van der Waals surface area contributed by atoms with Crippen molar-refractivity contribution in [3.05, 3.63) is 82.1 Å². The summed E-state index contributed by atoms with van der Waals surface area (Å²) in [6.45, 7) is 4.30. The van der Waals surface area contributed by atoms with E-state index in [1.54, 1.807) is 18.2 Å². The number of aromatic nitrogens is 2. The van der Waals surface area contributed by atoms with E-state index in [0.29, 0.717) is 28.9 Å². The van der Waals surface area contributed by atoms with Crippen molar-refractivity contribution >= 4 is 29.1 Å². The highest BCUT2D eigenvalue weighted by molar-refractivity contribution is 6.30. The number of hydrogen-bond donors (Lipinski definition) is 2. The number of carbonyl (C=O) groups excluding carboxylic acids is 1. The summed E-state index contributed by atoms with van der Waals surface area (Å²) in [6, 6.07) is 16.9. The third-order valence-electron chi connectivity index (χ3n) is 3.72. The highest BCUT2D eigenvalue weighted by atomic mass is 35.5. The maximum absolute atomic E-state index is 12.5. The van der Waals surface area contributed by atoms with Crippen LogP contribution in [0.15, 0.2) is 54.6 Å². The van der Waals surface area contributed by atoms with E-state index in [1.807, 2.05) is 50.2 Å². The summed E-state index contributed by atoms with van der Waals surface area (Å²) >= 11 is 5.89. The first-order valence-corrected chi connectivity index (χ1v) is 8.59. The third-order valence-corrected chi connectivity index (χ3v) is 3.97. The molecule has 6 heteroatoms. The predicted octanol–water partition coefficient (Wildman–Crippen LogP) is 4.42. The van der Waals surface area contributed by atoms with Gasteiger partial charge in [-0.25, -0.2) is 9.97 Å². The van der Waals surface area contributed by atoms with Crippen molar-refractivity contribution in [2.24, 2.45) is 0 Å². The second kappa shape index (κ2) is 7.97. The smallest absolute Gasteiger partial charge is 0.270 e. The van der Waals surface area contributed by atoms with Gasteiger partial charge in [-0.1, -0.05) is 41.4 Å². The Hall–Kier alpha value is -2.92. The van der Waals surface area contributed by atoms with Gasteiger partial charge < -0.3 is 10.6 Å². The van der Waals surface area contributed by atoms with E-state index in [-0.39, 0.29) is 5.91 Å². The standard InChI is InChI=1S/C20H19ClN4O/c1-13-4-3-5-15(10-13)12-22-19(26)18-11-14(2)23-20(25-18)24-17-8-6-16(21)7-9-17/h3-11H,12H2,1-2H3,(H,22,26)(H,23,24,25). The van der Waals surface area contributed by atoms with Gasteiger partial charge in [-0.2, -0.15) is 0 Å². The van der Waals surface area contributed by atoms with Crippen LogP contribution in [0, 0.1) is 13.8 Å². The summed E-state index contributed by atoms with van der Waals surface area (Å²) in [5.74, 6) is 0.129. The first kappa shape index (κ1) is 17.9. The largest absolute Gasteiger partial charge is 0.347 e. The van der Waals surface area contributed by atoms with Crippen LogP contribution in [0.25, 0.3) is 0 Å². The summed E-state index contributed by atoms with van der Waals surface area (Å²) < 4.78 is 0. The highest BCUT2D eigenvalue weighted by Gasteiger charge is 2.11. The molecule has 2 N–H and O–H groups in total. The molecule has 3 aromatic rings. The molecule has 0 bridgehead atoms. The molecular formula is C20H19ClN4O. The number of anilines is 2. The fourth-order valence-electron chi connectivity index (χ4n) is 2.50. The molecule has 0 atom stereocenters. The Morgan fingerprint density at radius 2 is 1.81 bits per heavy atom. The lowest BCUT2D eigenvalue weighted by Gasteiger charge is -2.09. The molecule has 1 aromatic heterocycles. The summed E-state index contributed by atoms with van der Waals surface area (Å²) in [7, 11) is 0. The van der Waals surface area contributed by atoms with E-state index < -0.39 is 0 Å². The van der Waals surface area contributed by atoms with Crippen LogP contribution < -0.4 is 10.6 Å². The lowest BCUT2D eigenvalue weighted by atomic mass is 10.1. The Labute approximate surface area is 157 Å². The van der Waals surface area contributed by atoms with E-state index in [9.17, 15) is 4.79 Å². The number of carbonyl (C=O) groups is 1. The average molecular weight is 367 g/mol. The SMILES string of the molecule is Cc1cccc(CNC(=O)c2cc(C)nc(Nc3ccc(Cl)cc3)n2)c1. The molecule has 0 fully saturated rings. The Morgan fingerprint density at radius 1 is 1.04 bits per heavy atom. The van der Waals surface area contributed by atoms with Gasteiger partial charge in [0.25, 0.3) is 5.91 Å². The maximum Gasteiger partial charge on any atom is 0.270 e. The number of rotatable bonds is 5. The first-order valence-electron chi connectivity index (χ1n) is 8.21. The predicted molar refractivity (Wildman–Crippen MR) is 104 cm³/mol. The third kappa shape index (κ3) is 4.80. The van der Waals surface area contributed by atoms with Crippen molar-refractivity contribution < 1.29 is 4.79 Å². The van der Waals surface area contributed by atoms with Gasteiger partial charge in [-0.15, -0.1) is 0 Å². The van der Waals surface area contributed by atoms with Crippen molar-refractivity contribution in [1.82, 2.24) is 15.3 Å². The van der Waals surface area contributed by atoms with Crippen molar-refractivity contribution in [3.8, 4) is 0 Å². The van der Waals surface area contributed by atoms with Crippen LogP contribution >= 0.6 is 11.6 Å². The van der Waals surface area contributed by atoms with Crippen LogP contribution in [0.1, 0.15) is 27.3 Å². The number of benzene rings is 2. The quantitative estimate of drug-likeness (QED) is 0.701. The Kier molecular flexibility index (Phi) is 5.49. The van der Waals surface area contributed by atoms with Crippen LogP contribution in [-0.2, 0) is 6.54 Å². The van der Waals surface area contributed by atoms with Crippen LogP contribution in [0.4, 0.5) is 11.6 Å². The molecule has 0 aliphatic carbocycles. The lowest BCUT2D eigenvalue weighted by molar-refractivity contribution is 0.0945. The van der Waals surface area contributed by atoms with Gasteiger partial charge in [-0.3, -0.25) is 4.79 Å². The molecule has 0 aliphatic heterocycles. The molecule has 0 aliphatic rings. The number of hydrogen-bond acceptors (Lipinski definition) is 4. The van der Waals surface area contributed by atoms with E-state index in [4.69, 9.17) is 11.6 Å². The average Bonchev–Trinajstić information content (AvgIpc) is 2.61. The fraction of sp³-hybridized carbons (Fsp3) is 0.150. The molecule has 0 saturated heterocycles. The number of aryl methyl sites for hydroxylation is 2. The van der Waals surface area contributed by atoms with E-state index >= 15 is 0 Å². The van der Waals surface area contributed by atoms with Crippen molar-refractivity contribution in [2.45, 2.75) is 20.4 Å².